The Bertz CT molecular complexity index is 288. The largest absolute Gasteiger partial charge is 0.481 e. The van der Waals surface area contributed by atoms with E-state index in [1.54, 1.807) is 13.3 Å². The zero-order valence-corrected chi connectivity index (χ0v) is 11.0. The Kier molecular flexibility index (Phi) is 7.10. The number of hydrogen-bond donors (Lipinski definition) is 1. The summed E-state index contributed by atoms with van der Waals surface area (Å²) in [6, 6.07) is 3.92. The molecule has 0 radical (unpaired) electrons. The molecule has 0 saturated carbocycles. The lowest BCUT2D eigenvalue weighted by Crippen LogP contribution is -2.11. The molecule has 1 heterocycles. The number of methoxy groups -OCH3 is 1. The van der Waals surface area contributed by atoms with Gasteiger partial charge in [-0.3, -0.25) is 0 Å². The molecule has 16 heavy (non-hydrogen) atoms. The maximum Gasteiger partial charge on any atom is 0.212 e. The summed E-state index contributed by atoms with van der Waals surface area (Å²) >= 11 is 0. The van der Waals surface area contributed by atoms with Crippen LogP contribution in [0.3, 0.4) is 0 Å². The molecule has 0 aromatic carbocycles. The van der Waals surface area contributed by atoms with Gasteiger partial charge in [-0.1, -0.05) is 19.9 Å². The number of aromatic nitrogens is 1. The second kappa shape index (κ2) is 7.47. The van der Waals surface area contributed by atoms with E-state index < -0.39 is 0 Å². The predicted octanol–water partition coefficient (Wildman–Crippen LogP) is 2.95. The molecule has 0 aliphatic heterocycles. The molecule has 0 unspecified atom stereocenters. The molecule has 0 saturated heterocycles. The Morgan fingerprint density at radius 1 is 1.31 bits per heavy atom. The van der Waals surface area contributed by atoms with Gasteiger partial charge in [0.05, 0.1) is 7.11 Å². The molecule has 0 amide bonds. The van der Waals surface area contributed by atoms with E-state index in [4.69, 9.17) is 10.5 Å². The van der Waals surface area contributed by atoms with E-state index in [1.807, 2.05) is 12.1 Å². The predicted molar refractivity (Wildman–Crippen MR) is 69.0 cm³/mol. The summed E-state index contributed by atoms with van der Waals surface area (Å²) < 4.78 is 5.00. The van der Waals surface area contributed by atoms with Crippen molar-refractivity contribution in [1.82, 2.24) is 4.98 Å². The number of halogens is 1. The summed E-state index contributed by atoms with van der Waals surface area (Å²) in [7, 11) is 1.61. The van der Waals surface area contributed by atoms with Crippen molar-refractivity contribution in [3.63, 3.8) is 0 Å². The van der Waals surface area contributed by atoms with Crippen LogP contribution < -0.4 is 10.5 Å². The molecule has 0 aliphatic carbocycles. The Hall–Kier alpha value is -0.800. The molecule has 4 heteroatoms. The van der Waals surface area contributed by atoms with Crippen LogP contribution in [0.5, 0.6) is 5.88 Å². The number of pyridine rings is 1. The third kappa shape index (κ3) is 4.81. The van der Waals surface area contributed by atoms with Crippen LogP contribution in [0.1, 0.15) is 38.3 Å². The second-order valence-electron chi connectivity index (χ2n) is 4.21. The van der Waals surface area contributed by atoms with Crippen LogP contribution in [0, 0.1) is 5.92 Å². The second-order valence-corrected chi connectivity index (χ2v) is 4.21. The van der Waals surface area contributed by atoms with Crippen molar-refractivity contribution in [3.05, 3.63) is 23.9 Å². The van der Waals surface area contributed by atoms with Crippen LogP contribution in [0.2, 0.25) is 0 Å². The van der Waals surface area contributed by atoms with Crippen molar-refractivity contribution in [2.24, 2.45) is 11.7 Å². The molecule has 1 atom stereocenters. The van der Waals surface area contributed by atoms with E-state index in [0.29, 0.717) is 11.8 Å². The lowest BCUT2D eigenvalue weighted by atomic mass is 10.00. The van der Waals surface area contributed by atoms with Gasteiger partial charge in [0.25, 0.3) is 0 Å². The van der Waals surface area contributed by atoms with E-state index in [0.717, 1.165) is 18.4 Å². The van der Waals surface area contributed by atoms with Gasteiger partial charge in [-0.25, -0.2) is 4.98 Å². The van der Waals surface area contributed by atoms with Crippen molar-refractivity contribution in [3.8, 4) is 5.88 Å². The highest BCUT2D eigenvalue weighted by Gasteiger charge is 2.07. The molecule has 0 aliphatic rings. The summed E-state index contributed by atoms with van der Waals surface area (Å²) in [5.74, 6) is 1.33. The van der Waals surface area contributed by atoms with Gasteiger partial charge in [-0.15, -0.1) is 12.4 Å². The van der Waals surface area contributed by atoms with Crippen LogP contribution in [0.25, 0.3) is 0 Å². The molecule has 2 N–H and O–H groups in total. The minimum absolute atomic E-state index is 0. The van der Waals surface area contributed by atoms with Gasteiger partial charge in [0, 0.05) is 18.3 Å². The van der Waals surface area contributed by atoms with E-state index >= 15 is 0 Å². The van der Waals surface area contributed by atoms with Crippen LogP contribution in [-0.2, 0) is 0 Å². The molecular weight excluding hydrogens is 224 g/mol. The van der Waals surface area contributed by atoms with E-state index in [1.165, 1.54) is 0 Å². The highest BCUT2D eigenvalue weighted by atomic mass is 35.5. The van der Waals surface area contributed by atoms with Crippen LogP contribution in [0.15, 0.2) is 18.3 Å². The third-order valence-electron chi connectivity index (χ3n) is 2.45. The van der Waals surface area contributed by atoms with Crippen LogP contribution in [0.4, 0.5) is 0 Å². The summed E-state index contributed by atoms with van der Waals surface area (Å²) in [6.45, 7) is 4.41. The summed E-state index contributed by atoms with van der Waals surface area (Å²) in [4.78, 5) is 4.14. The molecular formula is C12H21ClN2O. The monoisotopic (exact) mass is 244 g/mol. The van der Waals surface area contributed by atoms with Crippen molar-refractivity contribution in [2.45, 2.75) is 32.7 Å². The van der Waals surface area contributed by atoms with Crippen molar-refractivity contribution >= 4 is 12.4 Å². The maximum atomic E-state index is 6.05. The Morgan fingerprint density at radius 3 is 2.44 bits per heavy atom. The fourth-order valence-electron chi connectivity index (χ4n) is 1.41. The maximum absolute atomic E-state index is 6.05. The van der Waals surface area contributed by atoms with Gasteiger partial charge < -0.3 is 10.5 Å². The van der Waals surface area contributed by atoms with Gasteiger partial charge >= 0.3 is 0 Å². The van der Waals surface area contributed by atoms with Gasteiger partial charge in [0.15, 0.2) is 0 Å². The molecule has 3 nitrogen and oxygen atoms in total. The van der Waals surface area contributed by atoms with Crippen molar-refractivity contribution in [1.29, 1.82) is 0 Å². The van der Waals surface area contributed by atoms with Crippen LogP contribution in [-0.4, -0.2) is 12.1 Å². The highest BCUT2D eigenvalue weighted by Crippen LogP contribution is 2.19. The Balaban J connectivity index is 0.00000225. The molecule has 0 spiro atoms. The van der Waals surface area contributed by atoms with Gasteiger partial charge in [-0.05, 0) is 24.3 Å². The van der Waals surface area contributed by atoms with E-state index in [-0.39, 0.29) is 18.4 Å². The summed E-state index contributed by atoms with van der Waals surface area (Å²) in [5, 5.41) is 0. The molecule has 92 valence electrons. The van der Waals surface area contributed by atoms with Gasteiger partial charge in [-0.2, -0.15) is 0 Å². The minimum Gasteiger partial charge on any atom is -0.481 e. The molecule has 1 aromatic rings. The number of hydrogen-bond acceptors (Lipinski definition) is 3. The zero-order valence-electron chi connectivity index (χ0n) is 10.1. The van der Waals surface area contributed by atoms with E-state index in [9.17, 15) is 0 Å². The topological polar surface area (TPSA) is 48.1 Å². The lowest BCUT2D eigenvalue weighted by Gasteiger charge is -2.13. The Morgan fingerprint density at radius 2 is 2.00 bits per heavy atom. The number of nitrogens with two attached hydrogens (primary N) is 1. The molecule has 0 bridgehead atoms. The average Bonchev–Trinajstić information content (AvgIpc) is 2.26. The fourth-order valence-corrected chi connectivity index (χ4v) is 1.41. The quantitative estimate of drug-likeness (QED) is 0.866. The smallest absolute Gasteiger partial charge is 0.212 e. The standard InChI is InChI=1S/C12H20N2O.ClH/c1-9(2)4-6-11(13)10-5-7-12(15-3)14-8-10;/h5,7-9,11H,4,6,13H2,1-3H3;1H/t11-;/m1./s1. The SMILES string of the molecule is COc1ccc([C@H](N)CCC(C)C)cn1.Cl. The third-order valence-corrected chi connectivity index (χ3v) is 2.45. The van der Waals surface area contributed by atoms with Crippen molar-refractivity contribution < 1.29 is 4.74 Å². The normalized spacial score (nSPS) is 12.1. The number of ether oxygens (including phenoxy) is 1. The number of rotatable bonds is 5. The van der Waals surface area contributed by atoms with Crippen LogP contribution >= 0.6 is 12.4 Å². The fraction of sp³-hybridized carbons (Fsp3) is 0.583. The first-order valence-electron chi connectivity index (χ1n) is 5.39. The first-order valence-corrected chi connectivity index (χ1v) is 5.39. The van der Waals surface area contributed by atoms with Gasteiger partial charge in [0.1, 0.15) is 0 Å². The van der Waals surface area contributed by atoms with Gasteiger partial charge in [0.2, 0.25) is 5.88 Å². The number of nitrogens with zero attached hydrogens (tertiary/aromatic N) is 1. The average molecular weight is 245 g/mol. The highest BCUT2D eigenvalue weighted by molar-refractivity contribution is 5.85. The molecule has 1 aromatic heterocycles. The Labute approximate surface area is 104 Å². The van der Waals surface area contributed by atoms with E-state index in [2.05, 4.69) is 18.8 Å². The minimum atomic E-state index is 0. The summed E-state index contributed by atoms with van der Waals surface area (Å²) in [6.07, 6.45) is 3.95. The van der Waals surface area contributed by atoms with Crippen molar-refractivity contribution in [2.75, 3.05) is 7.11 Å². The first-order chi connectivity index (χ1) is 7.13. The zero-order chi connectivity index (χ0) is 11.3. The summed E-state index contributed by atoms with van der Waals surface area (Å²) in [5.41, 5.74) is 7.13. The lowest BCUT2D eigenvalue weighted by molar-refractivity contribution is 0.397. The molecule has 1 rings (SSSR count). The molecule has 0 fully saturated rings. The first kappa shape index (κ1) is 15.2.